The molecule has 2 rings (SSSR count). The Labute approximate surface area is 206 Å². The first kappa shape index (κ1) is 29.4. The first-order valence-electron chi connectivity index (χ1n) is 10.5. The Bertz CT molecular complexity index is 645. The maximum Gasteiger partial charge on any atom is 0.0425 e. The van der Waals surface area contributed by atoms with E-state index in [-0.39, 0.29) is 26.4 Å². The van der Waals surface area contributed by atoms with E-state index in [4.69, 9.17) is 0 Å². The normalized spacial score (nSPS) is 22.3. The van der Waals surface area contributed by atoms with E-state index in [1.807, 2.05) is 38.1 Å². The van der Waals surface area contributed by atoms with Gasteiger partial charge in [0.25, 0.3) is 0 Å². The zero-order chi connectivity index (χ0) is 22.0. The molecule has 0 aliphatic carbocycles. The number of hydrogen-bond donors (Lipinski definition) is 2. The van der Waals surface area contributed by atoms with Gasteiger partial charge in [0.15, 0.2) is 0 Å². The Kier molecular flexibility index (Phi) is 11.0. The molecule has 29 heavy (non-hydrogen) atoms. The van der Waals surface area contributed by atoms with Crippen LogP contribution in [-0.2, 0) is 28.3 Å². The Morgan fingerprint density at radius 2 is 1.14 bits per heavy atom. The van der Waals surface area contributed by atoms with Gasteiger partial charge in [0.2, 0.25) is 0 Å². The molecule has 0 fully saturated rings. The van der Waals surface area contributed by atoms with E-state index in [2.05, 4.69) is 38.1 Å². The molecule has 2 nitrogen and oxygen atoms in total. The van der Waals surface area contributed by atoms with Crippen LogP contribution >= 0.6 is 0 Å². The van der Waals surface area contributed by atoms with Crippen molar-refractivity contribution in [2.75, 3.05) is 0 Å². The van der Waals surface area contributed by atoms with E-state index in [1.165, 1.54) is 20.5 Å². The molecule has 2 N–H and O–H groups in total. The van der Waals surface area contributed by atoms with Gasteiger partial charge in [-0.3, -0.25) is 0 Å². The van der Waals surface area contributed by atoms with Gasteiger partial charge in [0.1, 0.15) is 0 Å². The zero-order valence-corrected chi connectivity index (χ0v) is 33.1. The van der Waals surface area contributed by atoms with Gasteiger partial charge in [-0.15, -0.1) is 5.56 Å². The van der Waals surface area contributed by atoms with Crippen LogP contribution in [-0.4, -0.2) is 71.7 Å². The van der Waals surface area contributed by atoms with Crippen LogP contribution < -0.4 is 0 Å². The average molecular weight is 539 g/mol. The van der Waals surface area contributed by atoms with E-state index in [0.717, 1.165) is 52.1 Å². The third-order valence-electron chi connectivity index (χ3n) is 7.85. The second-order valence-electron chi connectivity index (χ2n) is 10.2. The molecule has 0 aliphatic rings. The van der Waals surface area contributed by atoms with Crippen molar-refractivity contribution in [1.82, 2.24) is 0 Å². The summed E-state index contributed by atoms with van der Waals surface area (Å²) in [6, 6.07) is 16.3. The molecule has 0 aliphatic heterocycles. The second-order valence-corrected chi connectivity index (χ2v) is 26.0. The van der Waals surface area contributed by atoms with Crippen LogP contribution in [0.3, 0.4) is 0 Å². The van der Waals surface area contributed by atoms with Gasteiger partial charge in [-0.1, -0.05) is 42.1 Å². The molecule has 0 bridgehead atoms. The van der Waals surface area contributed by atoms with Gasteiger partial charge in [0, 0.05) is 84.1 Å². The average Bonchev–Trinajstić information content (AvgIpc) is 3.28. The van der Waals surface area contributed by atoms with E-state index in [9.17, 15) is 10.2 Å². The summed E-state index contributed by atoms with van der Waals surface area (Å²) in [5.74, 6) is 0. The second kappa shape index (κ2) is 10.8. The molecule has 0 saturated carbocycles. The molecular weight excluding hydrogens is 497 g/mol. The van der Waals surface area contributed by atoms with Gasteiger partial charge in [0.05, 0.1) is 0 Å². The molecule has 0 amide bonds. The molecular formula is C20H42FeO2Si6-6. The Morgan fingerprint density at radius 3 is 1.48 bits per heavy atom. The van der Waals surface area contributed by atoms with Gasteiger partial charge in [-0.05, 0) is 11.6 Å². The Morgan fingerprint density at radius 1 is 0.793 bits per heavy atom. The summed E-state index contributed by atoms with van der Waals surface area (Å²) >= 11 is 0. The fourth-order valence-corrected chi connectivity index (χ4v) is 5.54. The predicted octanol–water partition coefficient (Wildman–Crippen LogP) is -2.73. The molecule has 9 heteroatoms. The third-order valence-corrected chi connectivity index (χ3v) is 23.9. The third kappa shape index (κ3) is 6.24. The maximum absolute atomic E-state index is 10.7. The van der Waals surface area contributed by atoms with Crippen LogP contribution in [0, 0.1) is 0 Å². The van der Waals surface area contributed by atoms with Crippen LogP contribution in [0.1, 0.15) is 38.8 Å². The van der Waals surface area contributed by atoms with Crippen LogP contribution in [0.4, 0.5) is 0 Å². The first-order chi connectivity index (χ1) is 12.6. The minimum atomic E-state index is -0.601. The van der Waals surface area contributed by atoms with Gasteiger partial charge in [-0.2, -0.15) is 12.1 Å². The standard InChI is InChI=1S/2C10H21OSi3.Fe/c2*1-7(12)10(13,14)9(2,11)8-5-3-4-6-8;/h2*3-7,11H,1-2,12-14H3;/q-5;-1;. The van der Waals surface area contributed by atoms with E-state index < -0.39 is 11.2 Å². The van der Waals surface area contributed by atoms with Crippen molar-refractivity contribution in [2.45, 2.75) is 59.3 Å². The Balaban J connectivity index is 0.000000523. The predicted molar refractivity (Wildman–Crippen MR) is 147 cm³/mol. The number of hydrogen-bond acceptors (Lipinski definition) is 2. The van der Waals surface area contributed by atoms with Crippen LogP contribution in [0.15, 0.2) is 48.5 Å². The van der Waals surface area contributed by atoms with E-state index in [1.54, 1.807) is 0 Å². The molecule has 0 heterocycles. The summed E-state index contributed by atoms with van der Waals surface area (Å²) in [4.78, 5) is 0. The summed E-state index contributed by atoms with van der Waals surface area (Å²) in [7, 11) is 6.69. The topological polar surface area (TPSA) is 40.5 Å². The van der Waals surface area contributed by atoms with Crippen molar-refractivity contribution in [3.8, 4) is 0 Å². The van der Waals surface area contributed by atoms with Crippen molar-refractivity contribution < 1.29 is 27.3 Å². The number of rotatable bonds is 6. The van der Waals surface area contributed by atoms with Gasteiger partial charge < -0.3 is 40.0 Å². The molecule has 2 aromatic rings. The molecule has 0 saturated heterocycles. The maximum atomic E-state index is 10.7. The minimum Gasteiger partial charge on any atom is -0.747 e. The molecule has 4 atom stereocenters. The van der Waals surface area contributed by atoms with Crippen molar-refractivity contribution >= 4 is 61.5 Å². The van der Waals surface area contributed by atoms with Crippen LogP contribution in [0.2, 0.25) is 20.4 Å². The smallest absolute Gasteiger partial charge is 0.0425 e. The molecule has 0 radical (unpaired) electrons. The van der Waals surface area contributed by atoms with Crippen molar-refractivity contribution in [3.05, 3.63) is 59.7 Å². The van der Waals surface area contributed by atoms with Gasteiger partial charge in [-0.25, -0.2) is 12.1 Å². The summed E-state index contributed by atoms with van der Waals surface area (Å²) in [6.45, 7) is 8.56. The summed E-state index contributed by atoms with van der Waals surface area (Å²) in [5, 5.41) is 21.3. The Hall–Kier alpha value is 0.441. The molecule has 0 aromatic heterocycles. The molecule has 172 valence electrons. The zero-order valence-electron chi connectivity index (χ0n) is 20.0. The largest absolute Gasteiger partial charge is 0.747 e. The summed E-state index contributed by atoms with van der Waals surface area (Å²) < 4.78 is 0.432. The SMILES string of the molecule is CC([SiH3])C([SiH3])([SiH3])C(C)(O)[c-]1[cH-][cH-][cH-][cH-]1.CC([SiH3])C([SiH3])([SiH3])C(C)(O)[c-]1cccc1.[Fe]. The number of aliphatic hydroxyl groups is 2. The first-order valence-corrected chi connectivity index (χ1v) is 16.8. The van der Waals surface area contributed by atoms with Crippen molar-refractivity contribution in [2.24, 2.45) is 0 Å². The quantitative estimate of drug-likeness (QED) is 0.310. The molecule has 4 unspecified atom stereocenters. The van der Waals surface area contributed by atoms with Crippen molar-refractivity contribution in [3.63, 3.8) is 0 Å². The fourth-order valence-electron chi connectivity index (χ4n) is 3.27. The van der Waals surface area contributed by atoms with Crippen molar-refractivity contribution in [1.29, 1.82) is 0 Å². The van der Waals surface area contributed by atoms with E-state index in [0.29, 0.717) is 11.1 Å². The monoisotopic (exact) mass is 538 g/mol. The summed E-state index contributed by atoms with van der Waals surface area (Å²) in [6.07, 6.45) is 0. The summed E-state index contributed by atoms with van der Waals surface area (Å²) in [5.41, 5.74) is 2.40. The fraction of sp³-hybridized carbons (Fsp3) is 0.500. The van der Waals surface area contributed by atoms with Crippen LogP contribution in [0.5, 0.6) is 0 Å². The minimum absolute atomic E-state index is 0. The van der Waals surface area contributed by atoms with Gasteiger partial charge >= 0.3 is 0 Å². The molecule has 0 spiro atoms. The van der Waals surface area contributed by atoms with Crippen LogP contribution in [0.25, 0.3) is 0 Å². The van der Waals surface area contributed by atoms with E-state index >= 15 is 0 Å². The molecule has 2 aromatic carbocycles.